The molecule has 0 atom stereocenters. The second kappa shape index (κ2) is 10.2. The van der Waals surface area contributed by atoms with E-state index in [1.165, 1.54) is 23.7 Å². The van der Waals surface area contributed by atoms with Crippen LogP contribution in [0.1, 0.15) is 22.6 Å². The summed E-state index contributed by atoms with van der Waals surface area (Å²) in [6.45, 7) is 0.212. The Morgan fingerprint density at radius 1 is 1.21 bits per heavy atom. The average Bonchev–Trinajstić information content (AvgIpc) is 3.36. The first kappa shape index (κ1) is 21.1. The molecule has 2 N–H and O–H groups in total. The van der Waals surface area contributed by atoms with Gasteiger partial charge < -0.3 is 15.1 Å². The lowest BCUT2D eigenvalue weighted by Crippen LogP contribution is -2.26. The highest BCUT2D eigenvalue weighted by Gasteiger charge is 2.10. The Labute approximate surface area is 181 Å². The molecule has 0 spiro atoms. The molecule has 2 heterocycles. The van der Waals surface area contributed by atoms with Gasteiger partial charge in [0.25, 0.3) is 0 Å². The Hall–Kier alpha value is -2.61. The molecule has 0 aliphatic rings. The number of furan rings is 1. The molecule has 1 aromatic carbocycles. The molecule has 0 saturated carbocycles. The molecule has 0 aliphatic heterocycles. The summed E-state index contributed by atoms with van der Waals surface area (Å²) in [7, 11) is 0. The minimum atomic E-state index is -0.302. The van der Waals surface area contributed by atoms with E-state index in [0.717, 1.165) is 10.4 Å². The summed E-state index contributed by atoms with van der Waals surface area (Å²) in [6, 6.07) is 8.94. The molecular formula is C20H17Cl2N3O3S. The predicted octanol–water partition coefficient (Wildman–Crippen LogP) is 4.79. The van der Waals surface area contributed by atoms with Gasteiger partial charge in [0.15, 0.2) is 5.13 Å². The molecule has 0 saturated heterocycles. The van der Waals surface area contributed by atoms with Gasteiger partial charge in [-0.1, -0.05) is 35.3 Å². The van der Waals surface area contributed by atoms with Gasteiger partial charge in [0, 0.05) is 36.5 Å². The van der Waals surface area contributed by atoms with E-state index < -0.39 is 0 Å². The first-order valence-corrected chi connectivity index (χ1v) is 10.3. The largest absolute Gasteiger partial charge is 0.465 e. The number of benzene rings is 1. The number of halogens is 2. The number of aromatic nitrogens is 1. The van der Waals surface area contributed by atoms with Crippen LogP contribution < -0.4 is 10.6 Å². The Balaban J connectivity index is 1.43. The third-order valence-electron chi connectivity index (χ3n) is 3.79. The fraction of sp³-hybridized carbons (Fsp3) is 0.150. The summed E-state index contributed by atoms with van der Waals surface area (Å²) >= 11 is 13.6. The molecule has 2 aromatic heterocycles. The first-order chi connectivity index (χ1) is 14.0. The van der Waals surface area contributed by atoms with E-state index in [1.807, 2.05) is 12.1 Å². The Morgan fingerprint density at radius 3 is 2.86 bits per heavy atom. The van der Waals surface area contributed by atoms with Crippen molar-refractivity contribution in [2.75, 3.05) is 11.9 Å². The highest BCUT2D eigenvalue weighted by Crippen LogP contribution is 2.29. The van der Waals surface area contributed by atoms with E-state index in [4.69, 9.17) is 27.6 Å². The van der Waals surface area contributed by atoms with E-state index in [2.05, 4.69) is 15.6 Å². The lowest BCUT2D eigenvalue weighted by atomic mass is 10.1. The van der Waals surface area contributed by atoms with Crippen molar-refractivity contribution < 1.29 is 14.0 Å². The summed E-state index contributed by atoms with van der Waals surface area (Å²) in [4.78, 5) is 28.9. The van der Waals surface area contributed by atoms with Gasteiger partial charge in [-0.05, 0) is 29.8 Å². The number of carbonyl (C=O) groups is 2. The lowest BCUT2D eigenvalue weighted by molar-refractivity contribution is -0.117. The zero-order valence-corrected chi connectivity index (χ0v) is 17.5. The van der Waals surface area contributed by atoms with Crippen molar-refractivity contribution >= 4 is 57.6 Å². The van der Waals surface area contributed by atoms with Crippen LogP contribution in [-0.2, 0) is 16.0 Å². The monoisotopic (exact) mass is 449 g/mol. The summed E-state index contributed by atoms with van der Waals surface area (Å²) < 4.78 is 5.09. The molecule has 150 valence electrons. The number of hydrogen-bond acceptors (Lipinski definition) is 5. The van der Waals surface area contributed by atoms with Gasteiger partial charge in [-0.15, -0.1) is 11.3 Å². The van der Waals surface area contributed by atoms with Crippen LogP contribution in [0, 0.1) is 0 Å². The topological polar surface area (TPSA) is 84.2 Å². The second-order valence-electron chi connectivity index (χ2n) is 5.96. The van der Waals surface area contributed by atoms with Gasteiger partial charge in [0.1, 0.15) is 5.76 Å². The zero-order chi connectivity index (χ0) is 20.6. The van der Waals surface area contributed by atoms with Crippen LogP contribution in [-0.4, -0.2) is 23.3 Å². The normalized spacial score (nSPS) is 11.0. The van der Waals surface area contributed by atoms with E-state index in [-0.39, 0.29) is 24.8 Å². The Bertz CT molecular complexity index is 1020. The SMILES string of the molecule is O=C(/C=C/c1ccco1)NCCC(=O)Nc1ncc(Cc2cccc(Cl)c2Cl)s1. The lowest BCUT2D eigenvalue weighted by Gasteiger charge is -2.04. The molecule has 0 radical (unpaired) electrons. The maximum atomic E-state index is 12.0. The summed E-state index contributed by atoms with van der Waals surface area (Å²) in [5, 5.41) is 6.88. The van der Waals surface area contributed by atoms with Crippen molar-refractivity contribution in [1.29, 1.82) is 0 Å². The molecule has 3 rings (SSSR count). The first-order valence-electron chi connectivity index (χ1n) is 8.68. The van der Waals surface area contributed by atoms with Crippen LogP contribution in [0.25, 0.3) is 6.08 Å². The van der Waals surface area contributed by atoms with Crippen LogP contribution >= 0.6 is 34.5 Å². The van der Waals surface area contributed by atoms with Gasteiger partial charge in [0.2, 0.25) is 11.8 Å². The average molecular weight is 450 g/mol. The standard InChI is InChI=1S/C20H17Cl2N3O3S/c21-16-5-1-3-13(19(16)22)11-15-12-24-20(29-15)25-18(27)8-9-23-17(26)7-6-14-4-2-10-28-14/h1-7,10,12H,8-9,11H2,(H,23,26)(H,24,25,27)/b7-6+. The van der Waals surface area contributed by atoms with E-state index in [9.17, 15) is 9.59 Å². The van der Waals surface area contributed by atoms with Crippen molar-refractivity contribution in [3.05, 3.63) is 75.1 Å². The number of hydrogen-bond donors (Lipinski definition) is 2. The molecule has 6 nitrogen and oxygen atoms in total. The number of amides is 2. The third-order valence-corrected chi connectivity index (χ3v) is 5.56. The molecule has 0 fully saturated rings. The van der Waals surface area contributed by atoms with Gasteiger partial charge >= 0.3 is 0 Å². The Morgan fingerprint density at radius 2 is 2.07 bits per heavy atom. The molecular weight excluding hydrogens is 433 g/mol. The quantitative estimate of drug-likeness (QED) is 0.484. The van der Waals surface area contributed by atoms with Crippen LogP contribution in [0.4, 0.5) is 5.13 Å². The molecule has 0 aliphatic carbocycles. The Kier molecular flexibility index (Phi) is 7.46. The number of carbonyl (C=O) groups excluding carboxylic acids is 2. The summed E-state index contributed by atoms with van der Waals surface area (Å²) in [5.74, 6) is 0.0441. The number of nitrogens with zero attached hydrogens (tertiary/aromatic N) is 1. The van der Waals surface area contributed by atoms with E-state index in [1.54, 1.807) is 30.5 Å². The van der Waals surface area contributed by atoms with Crippen LogP contribution in [0.2, 0.25) is 10.0 Å². The fourth-order valence-corrected chi connectivity index (χ4v) is 3.64. The maximum absolute atomic E-state index is 12.0. The van der Waals surface area contributed by atoms with Gasteiger partial charge in [-0.25, -0.2) is 4.98 Å². The molecule has 2 amide bonds. The van der Waals surface area contributed by atoms with Crippen LogP contribution in [0.5, 0.6) is 0 Å². The van der Waals surface area contributed by atoms with Crippen LogP contribution in [0.15, 0.2) is 53.3 Å². The molecule has 9 heteroatoms. The van der Waals surface area contributed by atoms with Crippen molar-refractivity contribution in [3.63, 3.8) is 0 Å². The fourth-order valence-electron chi connectivity index (χ4n) is 2.40. The molecule has 3 aromatic rings. The maximum Gasteiger partial charge on any atom is 0.244 e. The van der Waals surface area contributed by atoms with Gasteiger partial charge in [0.05, 0.1) is 16.3 Å². The van der Waals surface area contributed by atoms with E-state index in [0.29, 0.717) is 27.4 Å². The highest BCUT2D eigenvalue weighted by molar-refractivity contribution is 7.15. The highest BCUT2D eigenvalue weighted by atomic mass is 35.5. The number of nitrogens with one attached hydrogen (secondary N) is 2. The minimum absolute atomic E-state index is 0.134. The van der Waals surface area contributed by atoms with Crippen molar-refractivity contribution in [2.45, 2.75) is 12.8 Å². The number of thiazole rings is 1. The van der Waals surface area contributed by atoms with Gasteiger partial charge in [-0.3, -0.25) is 9.59 Å². The second-order valence-corrected chi connectivity index (χ2v) is 7.86. The molecule has 0 unspecified atom stereocenters. The molecule has 29 heavy (non-hydrogen) atoms. The van der Waals surface area contributed by atoms with E-state index >= 15 is 0 Å². The number of rotatable bonds is 8. The zero-order valence-electron chi connectivity index (χ0n) is 15.2. The summed E-state index contributed by atoms with van der Waals surface area (Å²) in [5.41, 5.74) is 0.894. The smallest absolute Gasteiger partial charge is 0.244 e. The number of anilines is 1. The van der Waals surface area contributed by atoms with Crippen molar-refractivity contribution in [2.24, 2.45) is 0 Å². The van der Waals surface area contributed by atoms with Gasteiger partial charge in [-0.2, -0.15) is 0 Å². The van der Waals surface area contributed by atoms with Crippen molar-refractivity contribution in [3.8, 4) is 0 Å². The van der Waals surface area contributed by atoms with Crippen molar-refractivity contribution in [1.82, 2.24) is 10.3 Å². The van der Waals surface area contributed by atoms with Crippen LogP contribution in [0.3, 0.4) is 0 Å². The minimum Gasteiger partial charge on any atom is -0.465 e. The summed E-state index contributed by atoms with van der Waals surface area (Å²) in [6.07, 6.45) is 6.83. The molecule has 0 bridgehead atoms. The predicted molar refractivity (Wildman–Crippen MR) is 115 cm³/mol. The third kappa shape index (κ3) is 6.45.